The number of nitrogens with two attached hydrogens (primary N) is 1. The molecule has 5 heteroatoms. The molecule has 1 aliphatic heterocycles. The van der Waals surface area contributed by atoms with Gasteiger partial charge in [0.05, 0.1) is 18.8 Å². The van der Waals surface area contributed by atoms with Gasteiger partial charge in [0, 0.05) is 17.4 Å². The topological polar surface area (TPSA) is 44.5 Å². The number of rotatable bonds is 6. The SMILES string of the molecule is CCSc1cccc(OCC2CCOC2)c1C(N)=S. The molecule has 0 bridgehead atoms. The van der Waals surface area contributed by atoms with E-state index in [2.05, 4.69) is 6.92 Å². The fourth-order valence-corrected chi connectivity index (χ4v) is 3.19. The lowest BCUT2D eigenvalue weighted by Gasteiger charge is -2.16. The van der Waals surface area contributed by atoms with Crippen LogP contribution in [0, 0.1) is 5.92 Å². The van der Waals surface area contributed by atoms with E-state index in [1.165, 1.54) is 0 Å². The lowest BCUT2D eigenvalue weighted by atomic mass is 10.1. The Bertz CT molecular complexity index is 445. The summed E-state index contributed by atoms with van der Waals surface area (Å²) < 4.78 is 11.3. The Hall–Kier alpha value is -0.780. The minimum atomic E-state index is 0.397. The van der Waals surface area contributed by atoms with Crippen molar-refractivity contribution < 1.29 is 9.47 Å². The molecular formula is C14H19NO2S2. The van der Waals surface area contributed by atoms with E-state index >= 15 is 0 Å². The van der Waals surface area contributed by atoms with Crippen molar-refractivity contribution in [2.45, 2.75) is 18.2 Å². The molecule has 0 aromatic heterocycles. The molecule has 1 atom stereocenters. The molecule has 1 aromatic carbocycles. The second-order valence-corrected chi connectivity index (χ2v) is 6.21. The Balaban J connectivity index is 2.13. The summed E-state index contributed by atoms with van der Waals surface area (Å²) in [5.41, 5.74) is 6.71. The van der Waals surface area contributed by atoms with Gasteiger partial charge in [-0.05, 0) is 24.3 Å². The standard InChI is InChI=1S/C14H19NO2S2/c1-2-19-12-5-3-4-11(13(12)14(15)18)17-9-10-6-7-16-8-10/h3-5,10H,2,6-9H2,1H3,(H2,15,18). The first-order valence-corrected chi connectivity index (χ1v) is 7.88. The molecule has 1 aliphatic rings. The molecule has 0 aliphatic carbocycles. The zero-order valence-corrected chi connectivity index (χ0v) is 12.7. The Labute approximate surface area is 123 Å². The Morgan fingerprint density at radius 3 is 3.05 bits per heavy atom. The van der Waals surface area contributed by atoms with Crippen LogP contribution in [0.25, 0.3) is 0 Å². The van der Waals surface area contributed by atoms with Crippen LogP contribution >= 0.6 is 24.0 Å². The maximum Gasteiger partial charge on any atom is 0.130 e. The first-order valence-electron chi connectivity index (χ1n) is 6.48. The van der Waals surface area contributed by atoms with Gasteiger partial charge in [0.2, 0.25) is 0 Å². The molecule has 0 saturated carbocycles. The monoisotopic (exact) mass is 297 g/mol. The van der Waals surface area contributed by atoms with Crippen LogP contribution in [0.15, 0.2) is 23.1 Å². The van der Waals surface area contributed by atoms with Crippen LogP contribution in [0.1, 0.15) is 18.9 Å². The highest BCUT2D eigenvalue weighted by molar-refractivity contribution is 7.99. The zero-order valence-electron chi connectivity index (χ0n) is 11.1. The molecular weight excluding hydrogens is 278 g/mol. The van der Waals surface area contributed by atoms with Gasteiger partial charge < -0.3 is 15.2 Å². The predicted molar refractivity (Wildman–Crippen MR) is 83.1 cm³/mol. The minimum Gasteiger partial charge on any atom is -0.492 e. The third-order valence-corrected chi connectivity index (χ3v) is 4.18. The summed E-state index contributed by atoms with van der Waals surface area (Å²) in [7, 11) is 0. The highest BCUT2D eigenvalue weighted by atomic mass is 32.2. The number of benzene rings is 1. The molecule has 2 rings (SSSR count). The molecule has 2 N–H and O–H groups in total. The zero-order chi connectivity index (χ0) is 13.7. The van der Waals surface area contributed by atoms with Gasteiger partial charge in [-0.25, -0.2) is 0 Å². The van der Waals surface area contributed by atoms with E-state index in [1.54, 1.807) is 11.8 Å². The molecule has 1 fully saturated rings. The number of hydrogen-bond acceptors (Lipinski definition) is 4. The van der Waals surface area contributed by atoms with Gasteiger partial charge in [-0.15, -0.1) is 11.8 Å². The summed E-state index contributed by atoms with van der Waals surface area (Å²) in [6.07, 6.45) is 1.06. The van der Waals surface area contributed by atoms with Crippen molar-refractivity contribution in [2.75, 3.05) is 25.6 Å². The average Bonchev–Trinajstić information content (AvgIpc) is 2.89. The molecule has 19 heavy (non-hydrogen) atoms. The summed E-state index contributed by atoms with van der Waals surface area (Å²) in [5, 5.41) is 0. The normalized spacial score (nSPS) is 18.5. The molecule has 3 nitrogen and oxygen atoms in total. The molecule has 1 unspecified atom stereocenters. The van der Waals surface area contributed by atoms with Crippen molar-refractivity contribution >= 4 is 29.0 Å². The maximum absolute atomic E-state index is 5.91. The average molecular weight is 297 g/mol. The van der Waals surface area contributed by atoms with Crippen LogP contribution in [-0.2, 0) is 4.74 Å². The van der Waals surface area contributed by atoms with Gasteiger partial charge in [-0.3, -0.25) is 0 Å². The van der Waals surface area contributed by atoms with Crippen LogP contribution in [-0.4, -0.2) is 30.6 Å². The van der Waals surface area contributed by atoms with Gasteiger partial charge in [0.25, 0.3) is 0 Å². The van der Waals surface area contributed by atoms with Crippen molar-refractivity contribution in [1.82, 2.24) is 0 Å². The lowest BCUT2D eigenvalue weighted by Crippen LogP contribution is -2.16. The summed E-state index contributed by atoms with van der Waals surface area (Å²) in [6.45, 7) is 4.39. The molecule has 104 valence electrons. The fourth-order valence-electron chi connectivity index (χ4n) is 2.07. The van der Waals surface area contributed by atoms with Gasteiger partial charge in [-0.1, -0.05) is 25.2 Å². The minimum absolute atomic E-state index is 0.397. The predicted octanol–water partition coefficient (Wildman–Crippen LogP) is 2.85. The van der Waals surface area contributed by atoms with E-state index in [1.807, 2.05) is 18.2 Å². The van der Waals surface area contributed by atoms with E-state index in [0.29, 0.717) is 17.5 Å². The van der Waals surface area contributed by atoms with Crippen LogP contribution in [0.4, 0.5) is 0 Å². The highest BCUT2D eigenvalue weighted by Crippen LogP contribution is 2.30. The van der Waals surface area contributed by atoms with Crippen molar-refractivity contribution in [3.8, 4) is 5.75 Å². The summed E-state index contributed by atoms with van der Waals surface area (Å²) in [5.74, 6) is 2.25. The first-order chi connectivity index (χ1) is 9.22. The van der Waals surface area contributed by atoms with Crippen molar-refractivity contribution in [2.24, 2.45) is 11.7 Å². The summed E-state index contributed by atoms with van der Waals surface area (Å²) in [6, 6.07) is 5.96. The summed E-state index contributed by atoms with van der Waals surface area (Å²) >= 11 is 6.89. The van der Waals surface area contributed by atoms with E-state index in [-0.39, 0.29) is 0 Å². The Morgan fingerprint density at radius 2 is 2.42 bits per heavy atom. The smallest absolute Gasteiger partial charge is 0.130 e. The van der Waals surface area contributed by atoms with Gasteiger partial charge in [0.1, 0.15) is 10.7 Å². The van der Waals surface area contributed by atoms with Crippen molar-refractivity contribution in [3.05, 3.63) is 23.8 Å². The Morgan fingerprint density at radius 1 is 1.58 bits per heavy atom. The maximum atomic E-state index is 5.91. The molecule has 0 radical (unpaired) electrons. The molecule has 1 aromatic rings. The third-order valence-electron chi connectivity index (χ3n) is 3.03. The van der Waals surface area contributed by atoms with Gasteiger partial charge in [0.15, 0.2) is 0 Å². The van der Waals surface area contributed by atoms with Crippen LogP contribution in [0.3, 0.4) is 0 Å². The molecule has 0 amide bonds. The largest absolute Gasteiger partial charge is 0.492 e. The number of hydrogen-bond donors (Lipinski definition) is 1. The molecule has 1 heterocycles. The van der Waals surface area contributed by atoms with Gasteiger partial charge >= 0.3 is 0 Å². The quantitative estimate of drug-likeness (QED) is 0.646. The second kappa shape index (κ2) is 7.12. The Kier molecular flexibility index (Phi) is 5.48. The van der Waals surface area contributed by atoms with E-state index in [4.69, 9.17) is 27.4 Å². The van der Waals surface area contributed by atoms with E-state index in [9.17, 15) is 0 Å². The lowest BCUT2D eigenvalue weighted by molar-refractivity contribution is 0.167. The van der Waals surface area contributed by atoms with Gasteiger partial charge in [-0.2, -0.15) is 0 Å². The number of thioether (sulfide) groups is 1. The first kappa shape index (κ1) is 14.6. The summed E-state index contributed by atoms with van der Waals surface area (Å²) in [4.78, 5) is 1.49. The fraction of sp³-hybridized carbons (Fsp3) is 0.500. The molecule has 0 spiro atoms. The van der Waals surface area contributed by atoms with Crippen molar-refractivity contribution in [1.29, 1.82) is 0 Å². The van der Waals surface area contributed by atoms with Crippen molar-refractivity contribution in [3.63, 3.8) is 0 Å². The van der Waals surface area contributed by atoms with Crippen LogP contribution in [0.2, 0.25) is 0 Å². The number of thiocarbonyl (C=S) groups is 1. The van der Waals surface area contributed by atoms with E-state index in [0.717, 1.165) is 41.6 Å². The van der Waals surface area contributed by atoms with Crippen LogP contribution in [0.5, 0.6) is 5.75 Å². The highest BCUT2D eigenvalue weighted by Gasteiger charge is 2.18. The third kappa shape index (κ3) is 3.84. The van der Waals surface area contributed by atoms with Crippen LogP contribution < -0.4 is 10.5 Å². The van der Waals surface area contributed by atoms with E-state index < -0.39 is 0 Å². The molecule has 1 saturated heterocycles. The second-order valence-electron chi connectivity index (χ2n) is 4.47. The number of ether oxygens (including phenoxy) is 2.